The molecular formula is C59H103N2O7P. The standard InChI is InChI=1S/C59H103N2O7P/c1-7-10-13-16-19-22-25-28-29-30-31-34-37-40-43-46-49-52-59(63)68-57(50-47-44-41-38-35-32-26-23-20-17-14-11-8-2)56(55-67-69(64,65)66-54-53-61(4,5)6)60-58(62)51-48-45-42-39-36-33-27-24-21-18-15-12-9-3/h12,15,18-19,21-22,24,27-29,31,34,40,43,47,50,56-57H,7-11,13-14,16-17,20,23,25-26,30,32-33,35-39,41-42,44-46,48-49,51-55H2,1-6H3,(H-,60,62,64,65)/b15-12+,21-18+,22-19-,27-24-,29-28-,34-31-,43-40-,50-47+. The third kappa shape index (κ3) is 49.7. The van der Waals surface area contributed by atoms with E-state index in [1.807, 2.05) is 33.3 Å². The van der Waals surface area contributed by atoms with Gasteiger partial charge in [0.05, 0.1) is 33.8 Å². The molecule has 10 heteroatoms. The molecule has 0 aliphatic carbocycles. The third-order valence-corrected chi connectivity index (χ3v) is 12.5. The molecule has 3 unspecified atom stereocenters. The van der Waals surface area contributed by atoms with Crippen LogP contribution in [0.25, 0.3) is 0 Å². The summed E-state index contributed by atoms with van der Waals surface area (Å²) in [5, 5.41) is 2.99. The van der Waals surface area contributed by atoms with E-state index in [0.717, 1.165) is 83.5 Å². The number of quaternary nitrogens is 1. The first-order chi connectivity index (χ1) is 33.4. The number of hydrogen-bond donors (Lipinski definition) is 1. The molecule has 0 aromatic heterocycles. The Bertz CT molecular complexity index is 1510. The molecule has 0 bridgehead atoms. The number of likely N-dealkylation sites (N-methyl/N-ethyl adjacent to an activating group) is 1. The number of phosphoric acid groups is 1. The average Bonchev–Trinajstić information content (AvgIpc) is 3.31. The number of carbonyl (C=O) groups excluding carboxylic acids is 2. The lowest BCUT2D eigenvalue weighted by Crippen LogP contribution is -2.47. The fourth-order valence-corrected chi connectivity index (χ4v) is 8.00. The Morgan fingerprint density at radius 3 is 1.57 bits per heavy atom. The normalized spacial score (nSPS) is 14.6. The molecule has 0 saturated heterocycles. The van der Waals surface area contributed by atoms with E-state index in [1.54, 1.807) is 6.08 Å². The topological polar surface area (TPSA) is 114 Å². The average molecular weight is 983 g/mol. The van der Waals surface area contributed by atoms with Crippen LogP contribution in [-0.4, -0.2) is 69.4 Å². The minimum atomic E-state index is -4.71. The summed E-state index contributed by atoms with van der Waals surface area (Å²) in [4.78, 5) is 39.8. The zero-order valence-electron chi connectivity index (χ0n) is 45.0. The number of carbonyl (C=O) groups is 2. The van der Waals surface area contributed by atoms with Crippen LogP contribution < -0.4 is 10.2 Å². The van der Waals surface area contributed by atoms with E-state index in [-0.39, 0.29) is 25.4 Å². The molecule has 0 radical (unpaired) electrons. The molecular weight excluding hydrogens is 880 g/mol. The van der Waals surface area contributed by atoms with Gasteiger partial charge in [0.15, 0.2) is 0 Å². The summed E-state index contributed by atoms with van der Waals surface area (Å²) in [6.45, 7) is 6.60. The maximum atomic E-state index is 13.4. The van der Waals surface area contributed by atoms with Crippen LogP contribution in [0.2, 0.25) is 0 Å². The van der Waals surface area contributed by atoms with Crippen molar-refractivity contribution >= 4 is 19.7 Å². The summed E-state index contributed by atoms with van der Waals surface area (Å²) in [6.07, 6.45) is 63.8. The second-order valence-electron chi connectivity index (χ2n) is 19.4. The summed E-state index contributed by atoms with van der Waals surface area (Å²) in [7, 11) is 1.13. The van der Waals surface area contributed by atoms with Crippen molar-refractivity contribution in [1.29, 1.82) is 0 Å². The van der Waals surface area contributed by atoms with Crippen molar-refractivity contribution in [3.05, 3.63) is 97.2 Å². The third-order valence-electron chi connectivity index (χ3n) is 11.6. The Labute approximate surface area is 424 Å². The number of esters is 1. The molecule has 0 spiro atoms. The molecule has 0 fully saturated rings. The summed E-state index contributed by atoms with van der Waals surface area (Å²) in [5.74, 6) is -0.638. The monoisotopic (exact) mass is 983 g/mol. The summed E-state index contributed by atoms with van der Waals surface area (Å²) < 4.78 is 30.1. The number of rotatable bonds is 48. The van der Waals surface area contributed by atoms with E-state index < -0.39 is 32.5 Å². The molecule has 0 aromatic carbocycles. The van der Waals surface area contributed by atoms with Gasteiger partial charge < -0.3 is 28.5 Å². The highest BCUT2D eigenvalue weighted by Gasteiger charge is 2.27. The first-order valence-electron chi connectivity index (χ1n) is 27.6. The van der Waals surface area contributed by atoms with Crippen molar-refractivity contribution in [2.75, 3.05) is 40.9 Å². The SMILES string of the molecule is CC/C=C/C=C/C=C\CCCCCCCC(=O)NC(COP(=O)([O-])OCC[N+](C)(C)C)C(/C=C/CCCCCCCCCCCCC)OC(=O)CCC/C=C\C/C=C\C/C=C\C/C=C\CCCCC. The highest BCUT2D eigenvalue weighted by atomic mass is 31.2. The molecule has 1 N–H and O–H groups in total. The fourth-order valence-electron chi connectivity index (χ4n) is 7.28. The second-order valence-corrected chi connectivity index (χ2v) is 20.8. The van der Waals surface area contributed by atoms with Crippen molar-refractivity contribution in [2.24, 2.45) is 0 Å². The van der Waals surface area contributed by atoms with E-state index in [0.29, 0.717) is 23.9 Å². The van der Waals surface area contributed by atoms with Crippen LogP contribution in [0.15, 0.2) is 97.2 Å². The van der Waals surface area contributed by atoms with E-state index in [4.69, 9.17) is 13.8 Å². The first kappa shape index (κ1) is 65.9. The number of allylic oxidation sites excluding steroid dienone is 15. The van der Waals surface area contributed by atoms with E-state index in [2.05, 4.69) is 105 Å². The molecule has 1 amide bonds. The Morgan fingerprint density at radius 1 is 0.536 bits per heavy atom. The number of hydrogen-bond acceptors (Lipinski definition) is 7. The second kappa shape index (κ2) is 48.6. The molecule has 0 heterocycles. The van der Waals surface area contributed by atoms with Gasteiger partial charge >= 0.3 is 5.97 Å². The zero-order valence-corrected chi connectivity index (χ0v) is 45.9. The number of ether oxygens (including phenoxy) is 1. The van der Waals surface area contributed by atoms with Crippen molar-refractivity contribution in [2.45, 2.75) is 226 Å². The Kier molecular flexibility index (Phi) is 46.4. The fraction of sp³-hybridized carbons (Fsp3) is 0.695. The van der Waals surface area contributed by atoms with Gasteiger partial charge in [0.25, 0.3) is 7.82 Å². The Balaban J connectivity index is 5.54. The quantitative estimate of drug-likeness (QED) is 0.0161. The maximum Gasteiger partial charge on any atom is 0.306 e. The van der Waals surface area contributed by atoms with Crippen LogP contribution in [0.5, 0.6) is 0 Å². The molecule has 0 saturated carbocycles. The highest BCUT2D eigenvalue weighted by molar-refractivity contribution is 7.45. The van der Waals surface area contributed by atoms with E-state index in [1.165, 1.54) is 83.5 Å². The highest BCUT2D eigenvalue weighted by Crippen LogP contribution is 2.38. The molecule has 9 nitrogen and oxygen atoms in total. The molecule has 0 aliphatic heterocycles. The maximum absolute atomic E-state index is 13.4. The number of amides is 1. The van der Waals surface area contributed by atoms with Crippen molar-refractivity contribution in [3.63, 3.8) is 0 Å². The van der Waals surface area contributed by atoms with Gasteiger partial charge in [0.1, 0.15) is 19.3 Å². The Hall–Kier alpha value is -3.07. The summed E-state index contributed by atoms with van der Waals surface area (Å²) >= 11 is 0. The van der Waals surface area contributed by atoms with Gasteiger partial charge in [0, 0.05) is 12.8 Å². The number of unbranched alkanes of at least 4 members (excludes halogenated alkanes) is 20. The smallest absolute Gasteiger partial charge is 0.306 e. The van der Waals surface area contributed by atoms with Gasteiger partial charge in [-0.05, 0) is 89.5 Å². The van der Waals surface area contributed by atoms with Gasteiger partial charge in [-0.15, -0.1) is 0 Å². The lowest BCUT2D eigenvalue weighted by atomic mass is 10.0. The molecule has 3 atom stereocenters. The van der Waals surface area contributed by atoms with Gasteiger partial charge in [0.2, 0.25) is 5.91 Å². The molecule has 0 aliphatic rings. The van der Waals surface area contributed by atoms with Crippen LogP contribution in [-0.2, 0) is 27.9 Å². The van der Waals surface area contributed by atoms with Crippen LogP contribution in [0, 0.1) is 0 Å². The van der Waals surface area contributed by atoms with Crippen molar-refractivity contribution in [3.8, 4) is 0 Å². The first-order valence-corrected chi connectivity index (χ1v) is 29.0. The van der Waals surface area contributed by atoms with Crippen molar-refractivity contribution < 1.29 is 37.3 Å². The van der Waals surface area contributed by atoms with Crippen LogP contribution in [0.4, 0.5) is 0 Å². The van der Waals surface area contributed by atoms with Gasteiger partial charge in [-0.25, -0.2) is 0 Å². The van der Waals surface area contributed by atoms with Gasteiger partial charge in [-0.1, -0.05) is 208 Å². The number of nitrogens with zero attached hydrogens (tertiary/aromatic N) is 1. The van der Waals surface area contributed by atoms with E-state index >= 15 is 0 Å². The lowest BCUT2D eigenvalue weighted by Gasteiger charge is -2.30. The van der Waals surface area contributed by atoms with Crippen LogP contribution >= 0.6 is 7.82 Å². The minimum absolute atomic E-state index is 0.0397. The molecule has 0 rings (SSSR count). The molecule has 396 valence electrons. The Morgan fingerprint density at radius 2 is 1.00 bits per heavy atom. The lowest BCUT2D eigenvalue weighted by molar-refractivity contribution is -0.870. The van der Waals surface area contributed by atoms with Crippen LogP contribution in [0.1, 0.15) is 213 Å². The van der Waals surface area contributed by atoms with Crippen LogP contribution in [0.3, 0.4) is 0 Å². The zero-order chi connectivity index (χ0) is 50.8. The summed E-state index contributed by atoms with van der Waals surface area (Å²) in [6, 6.07) is -0.925. The summed E-state index contributed by atoms with van der Waals surface area (Å²) in [5.41, 5.74) is 0. The molecule has 0 aromatic rings. The predicted molar refractivity (Wildman–Crippen MR) is 293 cm³/mol. The van der Waals surface area contributed by atoms with E-state index in [9.17, 15) is 19.0 Å². The minimum Gasteiger partial charge on any atom is -0.756 e. The van der Waals surface area contributed by atoms with Gasteiger partial charge in [-0.3, -0.25) is 14.2 Å². The number of phosphoric ester groups is 1. The molecule has 69 heavy (non-hydrogen) atoms. The predicted octanol–water partition coefficient (Wildman–Crippen LogP) is 15.8. The number of nitrogens with one attached hydrogen (secondary N) is 1. The largest absolute Gasteiger partial charge is 0.756 e. The van der Waals surface area contributed by atoms with Gasteiger partial charge in [-0.2, -0.15) is 0 Å². The van der Waals surface area contributed by atoms with Crippen molar-refractivity contribution in [1.82, 2.24) is 5.32 Å².